The molecule has 1 aromatic heterocycles. The molecule has 2 rings (SSSR count). The van der Waals surface area contributed by atoms with Crippen LogP contribution in [0.25, 0.3) is 0 Å². The van der Waals surface area contributed by atoms with E-state index in [0.29, 0.717) is 0 Å². The summed E-state index contributed by atoms with van der Waals surface area (Å²) in [6.07, 6.45) is 4.73. The molecule has 1 aromatic carbocycles. The molecule has 19 heavy (non-hydrogen) atoms. The first-order valence-corrected chi connectivity index (χ1v) is 7.11. The number of hydrogen-bond acceptors (Lipinski definition) is 2. The van der Waals surface area contributed by atoms with Crippen molar-refractivity contribution in [3.05, 3.63) is 53.1 Å². The molecule has 0 saturated heterocycles. The molecule has 1 atom stereocenters. The van der Waals surface area contributed by atoms with Gasteiger partial charge in [0.1, 0.15) is 5.82 Å². The lowest BCUT2D eigenvalue weighted by Gasteiger charge is -2.19. The molecule has 0 aliphatic heterocycles. The van der Waals surface area contributed by atoms with Crippen LogP contribution in [0.2, 0.25) is 5.02 Å². The summed E-state index contributed by atoms with van der Waals surface area (Å²) >= 11 is 6.25. The predicted molar refractivity (Wildman–Crippen MR) is 79.5 cm³/mol. The molecule has 0 fully saturated rings. The van der Waals surface area contributed by atoms with Crippen molar-refractivity contribution in [2.45, 2.75) is 32.9 Å². The fourth-order valence-electron chi connectivity index (χ4n) is 2.28. The Bertz CT molecular complexity index is 522. The van der Waals surface area contributed by atoms with Gasteiger partial charge in [-0.2, -0.15) is 0 Å². The lowest BCUT2D eigenvalue weighted by atomic mass is 10.1. The molecule has 0 radical (unpaired) electrons. The van der Waals surface area contributed by atoms with Crippen molar-refractivity contribution < 1.29 is 0 Å². The third-order valence-electron chi connectivity index (χ3n) is 3.23. The second kappa shape index (κ2) is 6.73. The fraction of sp³-hybridized carbons (Fsp3) is 0.400. The zero-order valence-electron chi connectivity index (χ0n) is 11.4. The van der Waals surface area contributed by atoms with E-state index in [-0.39, 0.29) is 6.04 Å². The zero-order chi connectivity index (χ0) is 13.7. The number of imidazole rings is 1. The highest BCUT2D eigenvalue weighted by Gasteiger charge is 2.17. The van der Waals surface area contributed by atoms with Crippen LogP contribution < -0.4 is 5.32 Å². The Morgan fingerprint density at radius 3 is 2.79 bits per heavy atom. The highest BCUT2D eigenvalue weighted by atomic mass is 35.5. The minimum Gasteiger partial charge on any atom is -0.334 e. The second-order valence-electron chi connectivity index (χ2n) is 4.48. The predicted octanol–water partition coefficient (Wildman–Crippen LogP) is 3.45. The van der Waals surface area contributed by atoms with Crippen molar-refractivity contribution in [1.82, 2.24) is 14.9 Å². The number of aryl methyl sites for hydroxylation is 1. The van der Waals surface area contributed by atoms with Crippen LogP contribution in [-0.4, -0.2) is 16.1 Å². The number of halogens is 1. The van der Waals surface area contributed by atoms with Crippen LogP contribution in [0.5, 0.6) is 0 Å². The van der Waals surface area contributed by atoms with E-state index in [9.17, 15) is 0 Å². The molecule has 102 valence electrons. The van der Waals surface area contributed by atoms with Gasteiger partial charge in [-0.1, -0.05) is 36.7 Å². The van der Waals surface area contributed by atoms with Crippen LogP contribution in [0.15, 0.2) is 36.7 Å². The van der Waals surface area contributed by atoms with Crippen molar-refractivity contribution in [2.75, 3.05) is 6.54 Å². The normalized spacial score (nSPS) is 12.6. The lowest BCUT2D eigenvalue weighted by Crippen LogP contribution is -2.26. The highest BCUT2D eigenvalue weighted by Crippen LogP contribution is 2.22. The quantitative estimate of drug-likeness (QED) is 0.876. The molecule has 2 aromatic rings. The molecule has 0 spiro atoms. The van der Waals surface area contributed by atoms with Gasteiger partial charge in [-0.25, -0.2) is 4.98 Å². The molecule has 1 N–H and O–H groups in total. The van der Waals surface area contributed by atoms with Gasteiger partial charge in [-0.3, -0.25) is 0 Å². The average molecular weight is 278 g/mol. The molecule has 0 amide bonds. The maximum Gasteiger partial charge on any atom is 0.126 e. The summed E-state index contributed by atoms with van der Waals surface area (Å²) in [6, 6.07) is 8.19. The summed E-state index contributed by atoms with van der Waals surface area (Å²) in [5.74, 6) is 1.07. The van der Waals surface area contributed by atoms with Gasteiger partial charge < -0.3 is 9.88 Å². The van der Waals surface area contributed by atoms with E-state index < -0.39 is 0 Å². The standard InChI is InChI=1S/C15H20ClN3/c1-3-17-14(15-18-9-10-19(15)4-2)11-12-7-5-6-8-13(12)16/h5-10,14,17H,3-4,11H2,1-2H3. The maximum atomic E-state index is 6.25. The fourth-order valence-corrected chi connectivity index (χ4v) is 2.50. The second-order valence-corrected chi connectivity index (χ2v) is 4.88. The first-order valence-electron chi connectivity index (χ1n) is 6.74. The van der Waals surface area contributed by atoms with Gasteiger partial charge in [0.2, 0.25) is 0 Å². The van der Waals surface area contributed by atoms with Crippen LogP contribution in [-0.2, 0) is 13.0 Å². The van der Waals surface area contributed by atoms with E-state index in [1.165, 1.54) is 0 Å². The number of hydrogen-bond donors (Lipinski definition) is 1. The van der Waals surface area contributed by atoms with E-state index in [2.05, 4.69) is 34.8 Å². The van der Waals surface area contributed by atoms with Crippen LogP contribution >= 0.6 is 11.6 Å². The van der Waals surface area contributed by atoms with E-state index in [1.54, 1.807) is 0 Å². The van der Waals surface area contributed by atoms with Gasteiger partial charge in [0.05, 0.1) is 6.04 Å². The van der Waals surface area contributed by atoms with Crippen molar-refractivity contribution in [2.24, 2.45) is 0 Å². The number of nitrogens with zero attached hydrogens (tertiary/aromatic N) is 2. The van der Waals surface area contributed by atoms with Crippen molar-refractivity contribution >= 4 is 11.6 Å². The Kier molecular flexibility index (Phi) is 5.00. The monoisotopic (exact) mass is 277 g/mol. The first kappa shape index (κ1) is 14.1. The molecule has 0 saturated carbocycles. The van der Waals surface area contributed by atoms with E-state index in [1.807, 2.05) is 30.6 Å². The van der Waals surface area contributed by atoms with Gasteiger partial charge >= 0.3 is 0 Å². The Balaban J connectivity index is 2.24. The van der Waals surface area contributed by atoms with Gasteiger partial charge in [0, 0.05) is 24.0 Å². The summed E-state index contributed by atoms with van der Waals surface area (Å²) in [4.78, 5) is 4.49. The summed E-state index contributed by atoms with van der Waals surface area (Å²) < 4.78 is 2.17. The Labute approximate surface area is 119 Å². The summed E-state index contributed by atoms with van der Waals surface area (Å²) in [6.45, 7) is 6.08. The van der Waals surface area contributed by atoms with E-state index in [0.717, 1.165) is 35.9 Å². The number of benzene rings is 1. The molecule has 0 aliphatic rings. The van der Waals surface area contributed by atoms with Crippen molar-refractivity contribution in [3.63, 3.8) is 0 Å². The topological polar surface area (TPSA) is 29.9 Å². The Hall–Kier alpha value is -1.32. The third kappa shape index (κ3) is 3.37. The lowest BCUT2D eigenvalue weighted by molar-refractivity contribution is 0.495. The minimum atomic E-state index is 0.194. The van der Waals surface area contributed by atoms with E-state index >= 15 is 0 Å². The number of aromatic nitrogens is 2. The van der Waals surface area contributed by atoms with Gasteiger partial charge in [-0.15, -0.1) is 0 Å². The number of nitrogens with one attached hydrogen (secondary N) is 1. The molecular weight excluding hydrogens is 258 g/mol. The Morgan fingerprint density at radius 1 is 1.32 bits per heavy atom. The highest BCUT2D eigenvalue weighted by molar-refractivity contribution is 6.31. The van der Waals surface area contributed by atoms with Crippen LogP contribution in [0, 0.1) is 0 Å². The minimum absolute atomic E-state index is 0.194. The molecule has 1 heterocycles. The number of rotatable bonds is 6. The SMILES string of the molecule is CCNC(Cc1ccccc1Cl)c1nccn1CC. The largest absolute Gasteiger partial charge is 0.334 e. The third-order valence-corrected chi connectivity index (χ3v) is 3.60. The molecule has 3 nitrogen and oxygen atoms in total. The molecule has 1 unspecified atom stereocenters. The smallest absolute Gasteiger partial charge is 0.126 e. The molecule has 4 heteroatoms. The first-order chi connectivity index (χ1) is 9.26. The summed E-state index contributed by atoms with van der Waals surface area (Å²) in [5, 5.41) is 4.31. The Morgan fingerprint density at radius 2 is 2.11 bits per heavy atom. The maximum absolute atomic E-state index is 6.25. The van der Waals surface area contributed by atoms with Gasteiger partial charge in [-0.05, 0) is 31.5 Å². The molecule has 0 bridgehead atoms. The number of likely N-dealkylation sites (N-methyl/N-ethyl adjacent to an activating group) is 1. The van der Waals surface area contributed by atoms with Crippen molar-refractivity contribution in [3.8, 4) is 0 Å². The zero-order valence-corrected chi connectivity index (χ0v) is 12.2. The van der Waals surface area contributed by atoms with Gasteiger partial charge in [0.15, 0.2) is 0 Å². The van der Waals surface area contributed by atoms with E-state index in [4.69, 9.17) is 11.6 Å². The average Bonchev–Trinajstić information content (AvgIpc) is 2.89. The molecule has 0 aliphatic carbocycles. The summed E-state index contributed by atoms with van der Waals surface area (Å²) in [5.41, 5.74) is 1.15. The van der Waals surface area contributed by atoms with Crippen LogP contribution in [0.3, 0.4) is 0 Å². The summed E-state index contributed by atoms with van der Waals surface area (Å²) in [7, 11) is 0. The van der Waals surface area contributed by atoms with Crippen molar-refractivity contribution in [1.29, 1.82) is 0 Å². The van der Waals surface area contributed by atoms with Crippen LogP contribution in [0.1, 0.15) is 31.3 Å². The molecular formula is C15H20ClN3. The van der Waals surface area contributed by atoms with Gasteiger partial charge in [0.25, 0.3) is 0 Å². The van der Waals surface area contributed by atoms with Crippen LogP contribution in [0.4, 0.5) is 0 Å².